The van der Waals surface area contributed by atoms with Gasteiger partial charge in [0, 0.05) is 11.5 Å². The maximum Gasteiger partial charge on any atom is 0.165 e. The summed E-state index contributed by atoms with van der Waals surface area (Å²) in [5, 5.41) is 0. The molecule has 0 aliphatic carbocycles. The lowest BCUT2D eigenvalue weighted by molar-refractivity contribution is 0.0904. The highest BCUT2D eigenvalue weighted by atomic mass is 16.5. The first-order valence-corrected chi connectivity index (χ1v) is 9.46. The molecule has 0 N–H and O–H groups in total. The minimum Gasteiger partial charge on any atom is -0.497 e. The van der Waals surface area contributed by atoms with Gasteiger partial charge >= 0.3 is 0 Å². The fourth-order valence-electron chi connectivity index (χ4n) is 3.20. The van der Waals surface area contributed by atoms with Crippen molar-refractivity contribution in [1.29, 1.82) is 0 Å². The summed E-state index contributed by atoms with van der Waals surface area (Å²) in [6, 6.07) is 18.0. The second-order valence-corrected chi connectivity index (χ2v) is 6.66. The molecule has 0 unspecified atom stereocenters. The van der Waals surface area contributed by atoms with Crippen LogP contribution in [0.3, 0.4) is 0 Å². The Hall–Kier alpha value is -2.09. The van der Waals surface area contributed by atoms with E-state index in [4.69, 9.17) is 4.74 Å². The average molecular weight is 338 g/mol. The van der Waals surface area contributed by atoms with Crippen LogP contribution in [0.1, 0.15) is 61.4 Å². The summed E-state index contributed by atoms with van der Waals surface area (Å²) in [5.74, 6) is 1.17. The van der Waals surface area contributed by atoms with Crippen molar-refractivity contribution in [3.63, 3.8) is 0 Å². The quantitative estimate of drug-likeness (QED) is 0.366. The summed E-state index contributed by atoms with van der Waals surface area (Å²) in [4.78, 5) is 13.0. The molecule has 2 aromatic rings. The third-order valence-electron chi connectivity index (χ3n) is 4.78. The predicted octanol–water partition coefficient (Wildman–Crippen LogP) is 6.10. The van der Waals surface area contributed by atoms with Gasteiger partial charge in [-0.15, -0.1) is 0 Å². The summed E-state index contributed by atoms with van der Waals surface area (Å²) in [6.45, 7) is 2.22. The number of ether oxygens (including phenoxy) is 1. The Kier molecular flexibility index (Phi) is 8.24. The zero-order valence-corrected chi connectivity index (χ0v) is 15.5. The molecule has 134 valence electrons. The molecule has 2 nitrogen and oxygen atoms in total. The van der Waals surface area contributed by atoms with Crippen LogP contribution in [-0.4, -0.2) is 12.9 Å². The molecule has 2 heteroatoms. The molecule has 0 aliphatic heterocycles. The maximum atomic E-state index is 13.0. The highest BCUT2D eigenvalue weighted by molar-refractivity contribution is 5.97. The zero-order chi connectivity index (χ0) is 17.9. The number of carbonyl (C=O) groups is 1. The van der Waals surface area contributed by atoms with Crippen LogP contribution in [0.2, 0.25) is 0 Å². The Balaban J connectivity index is 2.01. The van der Waals surface area contributed by atoms with Crippen molar-refractivity contribution >= 4 is 5.78 Å². The van der Waals surface area contributed by atoms with E-state index in [2.05, 4.69) is 31.2 Å². The second-order valence-electron chi connectivity index (χ2n) is 6.66. The van der Waals surface area contributed by atoms with Gasteiger partial charge in [0.25, 0.3) is 0 Å². The zero-order valence-electron chi connectivity index (χ0n) is 15.5. The van der Waals surface area contributed by atoms with Gasteiger partial charge in [0.2, 0.25) is 0 Å². The lowest BCUT2D eigenvalue weighted by Gasteiger charge is -2.16. The SMILES string of the molecule is CCCCCC[C@@H](CCc1ccccc1)C(=O)c1ccc(OC)cc1. The van der Waals surface area contributed by atoms with E-state index in [0.29, 0.717) is 0 Å². The first-order valence-electron chi connectivity index (χ1n) is 9.46. The smallest absolute Gasteiger partial charge is 0.165 e. The summed E-state index contributed by atoms with van der Waals surface area (Å²) in [5.41, 5.74) is 2.11. The molecule has 1 atom stereocenters. The fraction of sp³-hybridized carbons (Fsp3) is 0.435. The Bertz CT molecular complexity index is 616. The van der Waals surface area contributed by atoms with E-state index in [9.17, 15) is 4.79 Å². The Morgan fingerprint density at radius 1 is 0.920 bits per heavy atom. The van der Waals surface area contributed by atoms with E-state index in [-0.39, 0.29) is 11.7 Å². The molecule has 0 aliphatic rings. The number of ketones is 1. The Morgan fingerprint density at radius 2 is 1.64 bits per heavy atom. The molecule has 2 aromatic carbocycles. The molecule has 2 rings (SSSR count). The van der Waals surface area contributed by atoms with E-state index in [1.54, 1.807) is 7.11 Å². The van der Waals surface area contributed by atoms with E-state index in [0.717, 1.165) is 37.0 Å². The average Bonchev–Trinajstić information content (AvgIpc) is 2.68. The lowest BCUT2D eigenvalue weighted by atomic mass is 9.87. The Labute approximate surface area is 152 Å². The van der Waals surface area contributed by atoms with E-state index >= 15 is 0 Å². The van der Waals surface area contributed by atoms with Crippen LogP contribution in [0.15, 0.2) is 54.6 Å². The summed E-state index contributed by atoms with van der Waals surface area (Å²) in [6.07, 6.45) is 7.69. The lowest BCUT2D eigenvalue weighted by Crippen LogP contribution is -2.16. The monoisotopic (exact) mass is 338 g/mol. The first-order chi connectivity index (χ1) is 12.2. The van der Waals surface area contributed by atoms with Crippen molar-refractivity contribution < 1.29 is 9.53 Å². The number of rotatable bonds is 11. The standard InChI is InChI=1S/C23H30O2/c1-3-4-5-9-12-20(14-13-19-10-7-6-8-11-19)23(24)21-15-17-22(25-2)18-16-21/h6-8,10-11,15-18,20H,3-5,9,12-14H2,1-2H3/t20-/m0/s1. The van der Waals surface area contributed by atoms with Crippen molar-refractivity contribution in [2.45, 2.75) is 51.9 Å². The predicted molar refractivity (Wildman–Crippen MR) is 104 cm³/mol. The second kappa shape index (κ2) is 10.7. The number of hydrogen-bond donors (Lipinski definition) is 0. The van der Waals surface area contributed by atoms with Crippen molar-refractivity contribution in [1.82, 2.24) is 0 Å². The molecule has 0 heterocycles. The number of methoxy groups -OCH3 is 1. The highest BCUT2D eigenvalue weighted by Crippen LogP contribution is 2.23. The molecule has 0 spiro atoms. The highest BCUT2D eigenvalue weighted by Gasteiger charge is 2.19. The van der Waals surface area contributed by atoms with Crippen LogP contribution >= 0.6 is 0 Å². The molecule has 0 bridgehead atoms. The van der Waals surface area contributed by atoms with Crippen molar-refractivity contribution in [2.24, 2.45) is 5.92 Å². The van der Waals surface area contributed by atoms with Crippen LogP contribution < -0.4 is 4.74 Å². The molecule has 25 heavy (non-hydrogen) atoms. The van der Waals surface area contributed by atoms with Crippen molar-refractivity contribution in [2.75, 3.05) is 7.11 Å². The normalized spacial score (nSPS) is 11.9. The first kappa shape index (κ1) is 19.2. The number of aryl methyl sites for hydroxylation is 1. The van der Waals surface area contributed by atoms with Crippen LogP contribution in [0.25, 0.3) is 0 Å². The van der Waals surface area contributed by atoms with Crippen LogP contribution in [-0.2, 0) is 6.42 Å². The summed E-state index contributed by atoms with van der Waals surface area (Å²) < 4.78 is 5.20. The van der Waals surface area contributed by atoms with Gasteiger partial charge in [-0.25, -0.2) is 0 Å². The number of hydrogen-bond acceptors (Lipinski definition) is 2. The van der Waals surface area contributed by atoms with Crippen LogP contribution in [0.4, 0.5) is 0 Å². The number of benzene rings is 2. The van der Waals surface area contributed by atoms with Crippen molar-refractivity contribution in [3.8, 4) is 5.75 Å². The minimum atomic E-state index is 0.102. The third kappa shape index (κ3) is 6.38. The van der Waals surface area contributed by atoms with E-state index < -0.39 is 0 Å². The molecule has 0 radical (unpaired) electrons. The fourth-order valence-corrected chi connectivity index (χ4v) is 3.20. The molecule has 0 saturated heterocycles. The van der Waals surface area contributed by atoms with Gasteiger partial charge in [-0.1, -0.05) is 62.9 Å². The van der Waals surface area contributed by atoms with Gasteiger partial charge in [-0.2, -0.15) is 0 Å². The number of carbonyl (C=O) groups excluding carboxylic acids is 1. The third-order valence-corrected chi connectivity index (χ3v) is 4.78. The summed E-state index contributed by atoms with van der Waals surface area (Å²) >= 11 is 0. The van der Waals surface area contributed by atoms with E-state index in [1.165, 1.54) is 24.8 Å². The van der Waals surface area contributed by atoms with Gasteiger partial charge in [0.15, 0.2) is 5.78 Å². The molecular weight excluding hydrogens is 308 g/mol. The molecule has 0 amide bonds. The molecule has 0 fully saturated rings. The molecular formula is C23H30O2. The maximum absolute atomic E-state index is 13.0. The van der Waals surface area contributed by atoms with Gasteiger partial charge in [-0.05, 0) is 49.1 Å². The largest absolute Gasteiger partial charge is 0.497 e. The van der Waals surface area contributed by atoms with Gasteiger partial charge in [0.05, 0.1) is 7.11 Å². The Morgan fingerprint density at radius 3 is 2.28 bits per heavy atom. The van der Waals surface area contributed by atoms with E-state index in [1.807, 2.05) is 30.3 Å². The number of unbranched alkanes of at least 4 members (excludes halogenated alkanes) is 3. The van der Waals surface area contributed by atoms with Crippen molar-refractivity contribution in [3.05, 3.63) is 65.7 Å². The van der Waals surface area contributed by atoms with Gasteiger partial charge < -0.3 is 4.74 Å². The molecule has 0 saturated carbocycles. The number of Topliss-reactive ketones (excluding diaryl/α,β-unsaturated/α-hetero) is 1. The van der Waals surface area contributed by atoms with Crippen LogP contribution in [0.5, 0.6) is 5.75 Å². The minimum absolute atomic E-state index is 0.102. The molecule has 0 aromatic heterocycles. The summed E-state index contributed by atoms with van der Waals surface area (Å²) in [7, 11) is 1.65. The van der Waals surface area contributed by atoms with Gasteiger partial charge in [0.1, 0.15) is 5.75 Å². The van der Waals surface area contributed by atoms with Gasteiger partial charge in [-0.3, -0.25) is 4.79 Å². The van der Waals surface area contributed by atoms with Crippen LogP contribution in [0, 0.1) is 5.92 Å². The topological polar surface area (TPSA) is 26.3 Å².